The van der Waals surface area contributed by atoms with Gasteiger partial charge in [-0.1, -0.05) is 0 Å². The number of H-pyrrole nitrogens is 1. The van der Waals surface area contributed by atoms with Crippen LogP contribution in [0.2, 0.25) is 0 Å². The average molecular weight is 434 g/mol. The van der Waals surface area contributed by atoms with Crippen molar-refractivity contribution in [3.05, 3.63) is 39.8 Å². The summed E-state index contributed by atoms with van der Waals surface area (Å²) in [5.41, 5.74) is 6.75. The summed E-state index contributed by atoms with van der Waals surface area (Å²) >= 11 is 0. The molecule has 0 bridgehead atoms. The maximum absolute atomic E-state index is 12.6. The first-order valence-electron chi connectivity index (χ1n) is 9.46. The lowest BCUT2D eigenvalue weighted by Crippen LogP contribution is -2.22. The summed E-state index contributed by atoms with van der Waals surface area (Å²) in [6.07, 6.45) is 0. The van der Waals surface area contributed by atoms with Gasteiger partial charge in [-0.3, -0.25) is 19.6 Å². The molecule has 30 heavy (non-hydrogen) atoms. The molecule has 0 fully saturated rings. The number of hydrogen-bond donors (Lipinski definition) is 6. The van der Waals surface area contributed by atoms with Crippen LogP contribution in [0.5, 0.6) is 11.5 Å². The molecular formula is C20H24ClN5O4. The molecule has 7 N–H and O–H groups in total. The van der Waals surface area contributed by atoms with Crippen molar-refractivity contribution >= 4 is 45.0 Å². The van der Waals surface area contributed by atoms with Gasteiger partial charge < -0.3 is 26.4 Å². The van der Waals surface area contributed by atoms with E-state index in [0.717, 1.165) is 5.52 Å². The molecular weight excluding hydrogens is 410 g/mol. The van der Waals surface area contributed by atoms with Gasteiger partial charge in [-0.2, -0.15) is 0 Å². The molecule has 0 aliphatic rings. The van der Waals surface area contributed by atoms with Gasteiger partial charge in [-0.15, -0.1) is 12.4 Å². The van der Waals surface area contributed by atoms with Gasteiger partial charge in [0.15, 0.2) is 5.43 Å². The van der Waals surface area contributed by atoms with E-state index in [1.54, 1.807) is 6.07 Å². The smallest absolute Gasteiger partial charge is 0.189 e. The molecule has 0 aliphatic carbocycles. The van der Waals surface area contributed by atoms with E-state index in [4.69, 9.17) is 10.8 Å². The molecule has 3 aromatic carbocycles. The third kappa shape index (κ3) is 3.46. The Kier molecular flexibility index (Phi) is 6.47. The summed E-state index contributed by atoms with van der Waals surface area (Å²) in [7, 11) is 0. The second-order valence-corrected chi connectivity index (χ2v) is 6.82. The summed E-state index contributed by atoms with van der Waals surface area (Å²) < 4.78 is 1.83. The zero-order valence-electron chi connectivity index (χ0n) is 16.2. The van der Waals surface area contributed by atoms with Gasteiger partial charge >= 0.3 is 0 Å². The first-order chi connectivity index (χ1) is 14.1. The molecule has 9 nitrogen and oxygen atoms in total. The van der Waals surface area contributed by atoms with Crippen molar-refractivity contribution in [1.82, 2.24) is 15.1 Å². The van der Waals surface area contributed by atoms with Crippen molar-refractivity contribution in [3.63, 3.8) is 0 Å². The summed E-state index contributed by atoms with van der Waals surface area (Å²) in [6.45, 7) is 2.43. The molecule has 0 atom stereocenters. The molecule has 0 saturated heterocycles. The SMILES string of the molecule is Cl.NCCn1[nH]c2c3c(=O)ccc(O)c3c(O)c3c(=NCCNCCO)ccc1c32. The summed E-state index contributed by atoms with van der Waals surface area (Å²) in [4.78, 5) is 17.2. The van der Waals surface area contributed by atoms with E-state index < -0.39 is 0 Å². The molecule has 0 unspecified atom stereocenters. The standard InChI is InChI=1S/C20H23N5O4.ClH/c21-5-9-25-12-2-1-11(23-7-6-22-8-10-26)15-16(12)19(24-25)17-13(27)3-4-14(28)18(17)20(15)29;/h1-4,22,24,26,28-29H,5-10,21H2;1H. The van der Waals surface area contributed by atoms with E-state index in [0.29, 0.717) is 54.4 Å². The van der Waals surface area contributed by atoms with Gasteiger partial charge in [0.25, 0.3) is 0 Å². The number of aliphatic hydroxyl groups is 1. The molecule has 10 heteroatoms. The van der Waals surface area contributed by atoms with Crippen molar-refractivity contribution < 1.29 is 15.3 Å². The number of nitrogens with two attached hydrogens (primary N) is 1. The topological polar surface area (TPSA) is 149 Å². The third-order valence-electron chi connectivity index (χ3n) is 5.03. The van der Waals surface area contributed by atoms with Gasteiger partial charge in [0.1, 0.15) is 11.5 Å². The van der Waals surface area contributed by atoms with Crippen LogP contribution in [0.25, 0.3) is 32.6 Å². The van der Waals surface area contributed by atoms with Crippen LogP contribution in [-0.4, -0.2) is 57.9 Å². The minimum atomic E-state index is -0.298. The Morgan fingerprint density at radius 2 is 1.87 bits per heavy atom. The molecule has 4 rings (SSSR count). The second kappa shape index (κ2) is 8.88. The Morgan fingerprint density at radius 1 is 1.07 bits per heavy atom. The highest BCUT2D eigenvalue weighted by Gasteiger charge is 2.21. The van der Waals surface area contributed by atoms with E-state index in [1.807, 2.05) is 10.7 Å². The van der Waals surface area contributed by atoms with Crippen LogP contribution in [0, 0.1) is 0 Å². The second-order valence-electron chi connectivity index (χ2n) is 6.82. The maximum Gasteiger partial charge on any atom is 0.189 e. The van der Waals surface area contributed by atoms with E-state index in [1.165, 1.54) is 12.1 Å². The number of benzene rings is 3. The monoisotopic (exact) mass is 433 g/mol. The zero-order chi connectivity index (χ0) is 20.5. The predicted molar refractivity (Wildman–Crippen MR) is 119 cm³/mol. The number of phenolic OH excluding ortho intramolecular Hbond substituents is 2. The van der Waals surface area contributed by atoms with Crippen LogP contribution in [0.1, 0.15) is 0 Å². The van der Waals surface area contributed by atoms with Crippen LogP contribution in [0.3, 0.4) is 0 Å². The Hall–Kier alpha value is -2.85. The van der Waals surface area contributed by atoms with Crippen LogP contribution >= 0.6 is 12.4 Å². The lowest BCUT2D eigenvalue weighted by molar-refractivity contribution is 0.293. The summed E-state index contributed by atoms with van der Waals surface area (Å²) in [6, 6.07) is 6.25. The van der Waals surface area contributed by atoms with Crippen molar-refractivity contribution in [2.24, 2.45) is 10.7 Å². The highest BCUT2D eigenvalue weighted by molar-refractivity contribution is 6.23. The van der Waals surface area contributed by atoms with E-state index in [-0.39, 0.29) is 46.7 Å². The molecule has 4 aromatic rings. The van der Waals surface area contributed by atoms with E-state index in [2.05, 4.69) is 15.4 Å². The van der Waals surface area contributed by atoms with Gasteiger partial charge in [-0.25, -0.2) is 0 Å². The number of aromatic hydroxyl groups is 2. The van der Waals surface area contributed by atoms with Crippen LogP contribution in [0.15, 0.2) is 34.1 Å². The van der Waals surface area contributed by atoms with Crippen molar-refractivity contribution in [2.45, 2.75) is 6.54 Å². The number of nitrogens with one attached hydrogen (secondary N) is 2. The fraction of sp³-hybridized carbons (Fsp3) is 0.300. The Balaban J connectivity index is 0.00000256. The number of halogens is 1. The normalized spacial score (nSPS) is 12.3. The highest BCUT2D eigenvalue weighted by Crippen LogP contribution is 2.41. The van der Waals surface area contributed by atoms with Gasteiger partial charge in [-0.05, 0) is 24.3 Å². The Morgan fingerprint density at radius 3 is 2.60 bits per heavy atom. The maximum atomic E-state index is 12.6. The number of rotatable bonds is 7. The van der Waals surface area contributed by atoms with Crippen molar-refractivity contribution in [2.75, 3.05) is 32.8 Å². The molecule has 0 saturated carbocycles. The number of nitrogens with zero attached hydrogens (tertiary/aromatic N) is 2. The number of aliphatic hydroxyl groups excluding tert-OH is 1. The van der Waals surface area contributed by atoms with Crippen molar-refractivity contribution in [3.8, 4) is 11.5 Å². The number of fused-ring (bicyclic) bond motifs is 2. The van der Waals surface area contributed by atoms with Gasteiger partial charge in [0.05, 0.1) is 52.2 Å². The molecule has 1 aromatic heterocycles. The molecule has 0 aliphatic heterocycles. The summed E-state index contributed by atoms with van der Waals surface area (Å²) in [5.74, 6) is -0.343. The summed E-state index contributed by atoms with van der Waals surface area (Å²) in [5, 5.41) is 38.6. The third-order valence-corrected chi connectivity index (χ3v) is 5.03. The Bertz CT molecular complexity index is 1310. The zero-order valence-corrected chi connectivity index (χ0v) is 17.0. The van der Waals surface area contributed by atoms with Crippen LogP contribution in [0.4, 0.5) is 0 Å². The number of phenols is 2. The number of aromatic amines is 1. The lowest BCUT2D eigenvalue weighted by Gasteiger charge is -2.08. The van der Waals surface area contributed by atoms with Crippen molar-refractivity contribution in [1.29, 1.82) is 0 Å². The molecule has 0 amide bonds. The molecule has 0 radical (unpaired) electrons. The predicted octanol–water partition coefficient (Wildman–Crippen LogP) is 0.348. The quantitative estimate of drug-likeness (QED) is 0.183. The number of aromatic nitrogens is 2. The van der Waals surface area contributed by atoms with Crippen LogP contribution < -0.4 is 21.8 Å². The molecule has 160 valence electrons. The van der Waals surface area contributed by atoms with E-state index in [9.17, 15) is 15.0 Å². The first kappa shape index (κ1) is 21.8. The average Bonchev–Trinajstić information content (AvgIpc) is 3.07. The fourth-order valence-corrected chi connectivity index (χ4v) is 3.81. The minimum absolute atomic E-state index is 0. The van der Waals surface area contributed by atoms with Gasteiger partial charge in [0.2, 0.25) is 0 Å². The van der Waals surface area contributed by atoms with Gasteiger partial charge in [0, 0.05) is 25.0 Å². The number of hydrogen-bond acceptors (Lipinski definition) is 7. The first-order valence-corrected chi connectivity index (χ1v) is 9.46. The highest BCUT2D eigenvalue weighted by atomic mass is 35.5. The van der Waals surface area contributed by atoms with E-state index >= 15 is 0 Å². The van der Waals surface area contributed by atoms with Crippen LogP contribution in [-0.2, 0) is 6.54 Å². The molecule has 0 spiro atoms. The minimum Gasteiger partial charge on any atom is -0.507 e. The largest absolute Gasteiger partial charge is 0.507 e. The fourth-order valence-electron chi connectivity index (χ4n) is 3.81. The molecule has 1 heterocycles. The Labute approximate surface area is 177 Å². The lowest BCUT2D eigenvalue weighted by atomic mass is 9.99.